The van der Waals surface area contributed by atoms with E-state index in [0.29, 0.717) is 0 Å². The Bertz CT molecular complexity index is 446. The van der Waals surface area contributed by atoms with Gasteiger partial charge in [0.2, 0.25) is 0 Å². The van der Waals surface area contributed by atoms with E-state index in [1.54, 1.807) is 0 Å². The lowest BCUT2D eigenvalue weighted by atomic mass is 9.78. The molecule has 2 N–H and O–H groups in total. The zero-order chi connectivity index (χ0) is 11.6. The summed E-state index contributed by atoms with van der Waals surface area (Å²) in [5.74, 6) is -0.291. The Morgan fingerprint density at radius 1 is 1.56 bits per heavy atom. The number of rotatable bonds is 3. The summed E-state index contributed by atoms with van der Waals surface area (Å²) in [6.07, 6.45) is 6.02. The van der Waals surface area contributed by atoms with E-state index < -0.39 is 0 Å². The summed E-state index contributed by atoms with van der Waals surface area (Å²) < 4.78 is 0. The molecule has 86 valence electrons. The van der Waals surface area contributed by atoms with Crippen LogP contribution >= 0.6 is 15.9 Å². The first-order valence-corrected chi connectivity index (χ1v) is 6.35. The van der Waals surface area contributed by atoms with Crippen molar-refractivity contribution >= 4 is 21.8 Å². The van der Waals surface area contributed by atoms with E-state index in [1.807, 2.05) is 0 Å². The highest BCUT2D eigenvalue weighted by Crippen LogP contribution is 2.33. The van der Waals surface area contributed by atoms with Crippen LogP contribution in [0.3, 0.4) is 0 Å². The van der Waals surface area contributed by atoms with Gasteiger partial charge in [0.1, 0.15) is 5.56 Å². The van der Waals surface area contributed by atoms with E-state index in [-0.39, 0.29) is 22.4 Å². The van der Waals surface area contributed by atoms with Crippen molar-refractivity contribution in [3.8, 4) is 0 Å². The molecule has 4 nitrogen and oxygen atoms in total. The molecule has 1 heterocycles. The van der Waals surface area contributed by atoms with Crippen LogP contribution in [0.25, 0.3) is 0 Å². The van der Waals surface area contributed by atoms with Crippen molar-refractivity contribution < 1.29 is 4.79 Å². The zero-order valence-electron chi connectivity index (χ0n) is 8.75. The number of halogens is 1. The minimum atomic E-state index is -0.291. The summed E-state index contributed by atoms with van der Waals surface area (Å²) >= 11 is 3.40. The molecule has 16 heavy (non-hydrogen) atoms. The molecule has 0 atom stereocenters. The molecule has 0 aromatic carbocycles. The first-order chi connectivity index (χ1) is 7.67. The molecule has 0 saturated heterocycles. The molecule has 1 aromatic rings. The van der Waals surface area contributed by atoms with Gasteiger partial charge in [0.15, 0.2) is 5.43 Å². The maximum atomic E-state index is 11.9. The normalized spacial score (nSPS) is 17.6. The van der Waals surface area contributed by atoms with Gasteiger partial charge in [0.25, 0.3) is 5.91 Å². The second-order valence-corrected chi connectivity index (χ2v) is 4.70. The fraction of sp³-hybridized carbons (Fsp3) is 0.455. The first kappa shape index (κ1) is 11.4. The minimum Gasteiger partial charge on any atom is -0.367 e. The van der Waals surface area contributed by atoms with Gasteiger partial charge in [0.05, 0.1) is 5.54 Å². The minimum absolute atomic E-state index is 0.153. The van der Waals surface area contributed by atoms with Gasteiger partial charge in [0, 0.05) is 23.8 Å². The average molecular weight is 285 g/mol. The van der Waals surface area contributed by atoms with Crippen LogP contribution in [0.4, 0.5) is 0 Å². The monoisotopic (exact) mass is 284 g/mol. The molecular formula is C11H13BrN2O2. The molecule has 1 fully saturated rings. The quantitative estimate of drug-likeness (QED) is 0.825. The maximum absolute atomic E-state index is 11.9. The molecule has 1 saturated carbocycles. The number of pyridine rings is 1. The summed E-state index contributed by atoms with van der Waals surface area (Å²) in [6.45, 7) is 0. The standard InChI is InChI=1S/C11H13BrN2O2/c12-7-11(3-1-4-11)14-10(16)8-6-13-5-2-9(8)15/h2,5-6H,1,3-4,7H2,(H,13,15)(H,14,16). The largest absolute Gasteiger partial charge is 0.367 e. The lowest BCUT2D eigenvalue weighted by molar-refractivity contribution is 0.0855. The lowest BCUT2D eigenvalue weighted by Gasteiger charge is -2.41. The van der Waals surface area contributed by atoms with Crippen LogP contribution in [-0.4, -0.2) is 21.8 Å². The Morgan fingerprint density at radius 2 is 2.31 bits per heavy atom. The van der Waals surface area contributed by atoms with Crippen molar-refractivity contribution in [1.29, 1.82) is 0 Å². The van der Waals surface area contributed by atoms with Crippen molar-refractivity contribution in [2.45, 2.75) is 24.8 Å². The van der Waals surface area contributed by atoms with Gasteiger partial charge in [-0.05, 0) is 19.3 Å². The molecule has 5 heteroatoms. The predicted molar refractivity (Wildman–Crippen MR) is 64.9 cm³/mol. The number of carbonyl (C=O) groups is 1. The highest BCUT2D eigenvalue weighted by atomic mass is 79.9. The molecule has 1 amide bonds. The number of hydrogen-bond donors (Lipinski definition) is 2. The Kier molecular flexibility index (Phi) is 3.14. The Balaban J connectivity index is 2.15. The molecular weight excluding hydrogens is 272 g/mol. The third-order valence-corrected chi connectivity index (χ3v) is 4.09. The van der Waals surface area contributed by atoms with E-state index in [0.717, 1.165) is 24.6 Å². The molecule has 2 rings (SSSR count). The van der Waals surface area contributed by atoms with Crippen LogP contribution in [-0.2, 0) is 0 Å². The van der Waals surface area contributed by atoms with E-state index in [9.17, 15) is 9.59 Å². The summed E-state index contributed by atoms with van der Waals surface area (Å²) in [5.41, 5.74) is -0.227. The van der Waals surface area contributed by atoms with Crippen LogP contribution in [0, 0.1) is 0 Å². The molecule has 0 radical (unpaired) electrons. The van der Waals surface area contributed by atoms with Gasteiger partial charge >= 0.3 is 0 Å². The van der Waals surface area contributed by atoms with Crippen LogP contribution in [0.2, 0.25) is 0 Å². The number of hydrogen-bond acceptors (Lipinski definition) is 2. The van der Waals surface area contributed by atoms with Gasteiger partial charge in [-0.15, -0.1) is 0 Å². The number of carbonyl (C=O) groups excluding carboxylic acids is 1. The van der Waals surface area contributed by atoms with Crippen molar-refractivity contribution in [2.75, 3.05) is 5.33 Å². The van der Waals surface area contributed by atoms with Crippen molar-refractivity contribution in [1.82, 2.24) is 10.3 Å². The molecule has 1 aromatic heterocycles. The summed E-state index contributed by atoms with van der Waals surface area (Å²) in [4.78, 5) is 26.1. The van der Waals surface area contributed by atoms with Crippen LogP contribution in [0.15, 0.2) is 23.3 Å². The summed E-state index contributed by atoms with van der Waals surface area (Å²) in [6, 6.07) is 1.36. The van der Waals surface area contributed by atoms with Crippen molar-refractivity contribution in [3.63, 3.8) is 0 Å². The molecule has 0 spiro atoms. The second-order valence-electron chi connectivity index (χ2n) is 4.14. The highest BCUT2D eigenvalue weighted by molar-refractivity contribution is 9.09. The van der Waals surface area contributed by atoms with Crippen LogP contribution in [0.5, 0.6) is 0 Å². The number of alkyl halides is 1. The van der Waals surface area contributed by atoms with E-state index in [1.165, 1.54) is 18.5 Å². The number of amides is 1. The van der Waals surface area contributed by atoms with E-state index in [4.69, 9.17) is 0 Å². The third-order valence-electron chi connectivity index (χ3n) is 3.01. The smallest absolute Gasteiger partial charge is 0.257 e. The number of nitrogens with one attached hydrogen (secondary N) is 2. The van der Waals surface area contributed by atoms with Gasteiger partial charge in [-0.1, -0.05) is 15.9 Å². The Hall–Kier alpha value is -1.10. The van der Waals surface area contributed by atoms with Gasteiger partial charge in [-0.3, -0.25) is 9.59 Å². The predicted octanol–water partition coefficient (Wildman–Crippen LogP) is 1.42. The third kappa shape index (κ3) is 2.04. The van der Waals surface area contributed by atoms with Crippen LogP contribution < -0.4 is 10.7 Å². The molecule has 0 bridgehead atoms. The second kappa shape index (κ2) is 4.41. The average Bonchev–Trinajstić information content (AvgIpc) is 2.24. The maximum Gasteiger partial charge on any atom is 0.257 e. The number of H-pyrrole nitrogens is 1. The molecule has 0 aliphatic heterocycles. The van der Waals surface area contributed by atoms with E-state index in [2.05, 4.69) is 26.2 Å². The molecule has 1 aliphatic carbocycles. The topological polar surface area (TPSA) is 62.0 Å². The number of aromatic amines is 1. The molecule has 1 aliphatic rings. The summed E-state index contributed by atoms with van der Waals surface area (Å²) in [5, 5.41) is 3.66. The van der Waals surface area contributed by atoms with Gasteiger partial charge in [-0.25, -0.2) is 0 Å². The SMILES string of the molecule is O=C(NC1(CBr)CCC1)c1c[nH]ccc1=O. The van der Waals surface area contributed by atoms with E-state index >= 15 is 0 Å². The first-order valence-electron chi connectivity index (χ1n) is 5.22. The zero-order valence-corrected chi connectivity index (χ0v) is 10.3. The summed E-state index contributed by atoms with van der Waals surface area (Å²) in [7, 11) is 0. The fourth-order valence-electron chi connectivity index (χ4n) is 1.80. The fourth-order valence-corrected chi connectivity index (χ4v) is 2.50. The lowest BCUT2D eigenvalue weighted by Crippen LogP contribution is -2.55. The van der Waals surface area contributed by atoms with Crippen molar-refractivity contribution in [2.24, 2.45) is 0 Å². The highest BCUT2D eigenvalue weighted by Gasteiger charge is 2.37. The Morgan fingerprint density at radius 3 is 2.81 bits per heavy atom. The van der Waals surface area contributed by atoms with Crippen molar-refractivity contribution in [3.05, 3.63) is 34.2 Å². The Labute approximate surface area is 102 Å². The van der Waals surface area contributed by atoms with Gasteiger partial charge < -0.3 is 10.3 Å². The van der Waals surface area contributed by atoms with Crippen LogP contribution in [0.1, 0.15) is 29.6 Å². The van der Waals surface area contributed by atoms with Gasteiger partial charge in [-0.2, -0.15) is 0 Å². The molecule has 0 unspecified atom stereocenters. The number of aromatic nitrogens is 1.